The van der Waals surface area contributed by atoms with Gasteiger partial charge in [-0.1, -0.05) is 6.07 Å². The Balaban J connectivity index is 1.46. The van der Waals surface area contributed by atoms with Crippen molar-refractivity contribution in [3.8, 4) is 11.5 Å². The highest BCUT2D eigenvalue weighted by Crippen LogP contribution is 2.16. The number of hydrogen-bond donors (Lipinski definition) is 1. The second-order valence-corrected chi connectivity index (χ2v) is 6.94. The zero-order valence-corrected chi connectivity index (χ0v) is 17.7. The van der Waals surface area contributed by atoms with Gasteiger partial charge in [-0.25, -0.2) is 19.1 Å². The molecular weight excluding hydrogens is 408 g/mol. The summed E-state index contributed by atoms with van der Waals surface area (Å²) in [7, 11) is 0. The molecule has 0 bridgehead atoms. The monoisotopic (exact) mass is 430 g/mol. The fourth-order valence-electron chi connectivity index (χ4n) is 3.28. The zero-order valence-electron chi connectivity index (χ0n) is 17.7. The first-order valence-electron chi connectivity index (χ1n) is 10.1. The van der Waals surface area contributed by atoms with Gasteiger partial charge < -0.3 is 10.1 Å². The molecule has 0 aliphatic carbocycles. The van der Waals surface area contributed by atoms with Crippen LogP contribution in [0.15, 0.2) is 67.3 Å². The van der Waals surface area contributed by atoms with Gasteiger partial charge in [-0.15, -0.1) is 0 Å². The van der Waals surface area contributed by atoms with Crippen LogP contribution in [0, 0.1) is 6.92 Å². The lowest BCUT2D eigenvalue weighted by Gasteiger charge is -2.10. The predicted octanol–water partition coefficient (Wildman–Crippen LogP) is 2.87. The van der Waals surface area contributed by atoms with Crippen molar-refractivity contribution in [2.45, 2.75) is 20.4 Å². The normalized spacial score (nSPS) is 10.7. The van der Waals surface area contributed by atoms with Crippen molar-refractivity contribution in [1.82, 2.24) is 29.9 Å². The molecule has 162 valence electrons. The fraction of sp³-hybridized carbons (Fsp3) is 0.174. The molecule has 1 amide bonds. The number of hydrogen-bond acceptors (Lipinski definition) is 6. The Hall–Kier alpha value is -4.27. The highest BCUT2D eigenvalue weighted by molar-refractivity contribution is 5.94. The van der Waals surface area contributed by atoms with Crippen molar-refractivity contribution < 1.29 is 14.3 Å². The molecule has 0 fully saturated rings. The topological polar surface area (TPSA) is 104 Å². The maximum Gasteiger partial charge on any atom is 0.341 e. The number of nitrogens with one attached hydrogen (secondary N) is 1. The van der Waals surface area contributed by atoms with Crippen molar-refractivity contribution >= 4 is 11.9 Å². The number of aromatic nitrogens is 5. The molecule has 0 saturated carbocycles. The molecule has 0 radical (unpaired) electrons. The van der Waals surface area contributed by atoms with E-state index in [4.69, 9.17) is 4.74 Å². The number of carbonyl (C=O) groups excluding carboxylic acids is 2. The molecule has 0 atom stereocenters. The number of rotatable bonds is 7. The molecule has 1 N–H and O–H groups in total. The van der Waals surface area contributed by atoms with E-state index < -0.39 is 5.97 Å². The summed E-state index contributed by atoms with van der Waals surface area (Å²) in [6, 6.07) is 12.5. The Morgan fingerprint density at radius 1 is 1.06 bits per heavy atom. The summed E-state index contributed by atoms with van der Waals surface area (Å²) in [5.41, 5.74) is 3.18. The molecule has 9 heteroatoms. The van der Waals surface area contributed by atoms with Gasteiger partial charge in [0.2, 0.25) is 0 Å². The van der Waals surface area contributed by atoms with Gasteiger partial charge in [0, 0.05) is 36.3 Å². The third-order valence-corrected chi connectivity index (χ3v) is 4.91. The molecule has 9 nitrogen and oxygen atoms in total. The number of carbonyl (C=O) groups is 2. The van der Waals surface area contributed by atoms with Crippen molar-refractivity contribution in [3.05, 3.63) is 89.6 Å². The van der Waals surface area contributed by atoms with Crippen LogP contribution >= 0.6 is 0 Å². The zero-order chi connectivity index (χ0) is 22.5. The molecule has 4 aromatic rings. The highest BCUT2D eigenvalue weighted by atomic mass is 16.5. The number of ether oxygens (including phenoxy) is 1. The lowest BCUT2D eigenvalue weighted by Crippen LogP contribution is -2.23. The minimum absolute atomic E-state index is 0.212. The molecule has 3 heterocycles. The van der Waals surface area contributed by atoms with E-state index in [1.54, 1.807) is 66.1 Å². The van der Waals surface area contributed by atoms with Crippen LogP contribution in [0.25, 0.3) is 11.5 Å². The first-order valence-corrected chi connectivity index (χ1v) is 10.1. The van der Waals surface area contributed by atoms with Crippen LogP contribution in [0.2, 0.25) is 0 Å². The van der Waals surface area contributed by atoms with Crippen molar-refractivity contribution in [3.63, 3.8) is 0 Å². The Bertz CT molecular complexity index is 1230. The summed E-state index contributed by atoms with van der Waals surface area (Å²) in [6.07, 6.45) is 6.65. The van der Waals surface area contributed by atoms with E-state index in [1.807, 2.05) is 18.2 Å². The minimum atomic E-state index is -0.405. The molecule has 0 aliphatic rings. The fourth-order valence-corrected chi connectivity index (χ4v) is 3.28. The van der Waals surface area contributed by atoms with Gasteiger partial charge in [-0.3, -0.25) is 4.79 Å². The van der Waals surface area contributed by atoms with E-state index in [9.17, 15) is 9.59 Å². The second-order valence-electron chi connectivity index (χ2n) is 6.94. The second kappa shape index (κ2) is 9.25. The molecule has 32 heavy (non-hydrogen) atoms. The average Bonchev–Trinajstić information content (AvgIpc) is 3.48. The third kappa shape index (κ3) is 4.27. The largest absolute Gasteiger partial charge is 0.462 e. The standard InChI is InChI=1S/C23H22N6O3/c1-3-32-23(31)20-15-27-29(16(20)2)19-9-7-17(8-10-19)22(30)25-14-18-6-4-11-24-21(18)28-13-5-12-26-28/h4-13,15H,3,14H2,1-2H3,(H,25,30). The summed E-state index contributed by atoms with van der Waals surface area (Å²) in [5, 5.41) is 11.4. The van der Waals surface area contributed by atoms with Crippen LogP contribution in [0.5, 0.6) is 0 Å². The van der Waals surface area contributed by atoms with E-state index in [-0.39, 0.29) is 5.91 Å². The van der Waals surface area contributed by atoms with Crippen LogP contribution in [-0.4, -0.2) is 43.0 Å². The van der Waals surface area contributed by atoms with Crippen molar-refractivity contribution in [1.29, 1.82) is 0 Å². The minimum Gasteiger partial charge on any atom is -0.462 e. The maximum atomic E-state index is 12.7. The van der Waals surface area contributed by atoms with E-state index in [1.165, 1.54) is 6.20 Å². The summed E-state index contributed by atoms with van der Waals surface area (Å²) >= 11 is 0. The van der Waals surface area contributed by atoms with Crippen LogP contribution in [0.1, 0.15) is 38.9 Å². The van der Waals surface area contributed by atoms with Gasteiger partial charge in [0.05, 0.1) is 24.2 Å². The highest BCUT2D eigenvalue weighted by Gasteiger charge is 2.16. The lowest BCUT2D eigenvalue weighted by molar-refractivity contribution is 0.0525. The Morgan fingerprint density at radius 3 is 2.59 bits per heavy atom. The molecular formula is C23H22N6O3. The van der Waals surface area contributed by atoms with Crippen LogP contribution in [-0.2, 0) is 11.3 Å². The summed E-state index contributed by atoms with van der Waals surface area (Å²) in [5.74, 6) is 0.0491. The summed E-state index contributed by atoms with van der Waals surface area (Å²) in [6.45, 7) is 4.17. The number of nitrogens with zero attached hydrogens (tertiary/aromatic N) is 5. The summed E-state index contributed by atoms with van der Waals surface area (Å²) < 4.78 is 8.35. The number of benzene rings is 1. The van der Waals surface area contributed by atoms with Gasteiger partial charge >= 0.3 is 5.97 Å². The number of amides is 1. The molecule has 3 aromatic heterocycles. The first-order chi connectivity index (χ1) is 15.6. The van der Waals surface area contributed by atoms with E-state index >= 15 is 0 Å². The molecule has 0 aliphatic heterocycles. The van der Waals surface area contributed by atoms with Gasteiger partial charge in [-0.05, 0) is 50.2 Å². The van der Waals surface area contributed by atoms with E-state index in [2.05, 4.69) is 20.5 Å². The third-order valence-electron chi connectivity index (χ3n) is 4.91. The average molecular weight is 430 g/mol. The van der Waals surface area contributed by atoms with Crippen molar-refractivity contribution in [2.75, 3.05) is 6.61 Å². The Kier molecular flexibility index (Phi) is 6.07. The Morgan fingerprint density at radius 2 is 1.88 bits per heavy atom. The van der Waals surface area contributed by atoms with Crippen LogP contribution < -0.4 is 5.32 Å². The van der Waals surface area contributed by atoms with E-state index in [0.29, 0.717) is 35.8 Å². The van der Waals surface area contributed by atoms with Gasteiger partial charge in [0.15, 0.2) is 5.82 Å². The molecule has 0 spiro atoms. The smallest absolute Gasteiger partial charge is 0.341 e. The van der Waals surface area contributed by atoms with E-state index in [0.717, 1.165) is 11.3 Å². The molecule has 0 unspecified atom stereocenters. The van der Waals surface area contributed by atoms with Crippen molar-refractivity contribution in [2.24, 2.45) is 0 Å². The molecule has 1 aromatic carbocycles. The first kappa shape index (κ1) is 21.0. The van der Waals surface area contributed by atoms with Crippen LogP contribution in [0.4, 0.5) is 0 Å². The predicted molar refractivity (Wildman–Crippen MR) is 117 cm³/mol. The van der Waals surface area contributed by atoms with Crippen LogP contribution in [0.3, 0.4) is 0 Å². The summed E-state index contributed by atoms with van der Waals surface area (Å²) in [4.78, 5) is 29.0. The number of esters is 1. The van der Waals surface area contributed by atoms with Gasteiger partial charge in [-0.2, -0.15) is 10.2 Å². The number of pyridine rings is 1. The van der Waals surface area contributed by atoms with Gasteiger partial charge in [0.1, 0.15) is 5.56 Å². The molecule has 0 saturated heterocycles. The Labute approximate surface area is 184 Å². The molecule has 4 rings (SSSR count). The lowest BCUT2D eigenvalue weighted by atomic mass is 10.1. The maximum absolute atomic E-state index is 12.7. The SMILES string of the molecule is CCOC(=O)c1cnn(-c2ccc(C(=O)NCc3cccnc3-n3cccn3)cc2)c1C. The quantitative estimate of drug-likeness (QED) is 0.452. The van der Waals surface area contributed by atoms with Gasteiger partial charge in [0.25, 0.3) is 5.91 Å².